The van der Waals surface area contributed by atoms with Gasteiger partial charge >= 0.3 is 5.97 Å². The monoisotopic (exact) mass is 548 g/mol. The van der Waals surface area contributed by atoms with Crippen molar-refractivity contribution in [3.05, 3.63) is 125 Å². The third kappa shape index (κ3) is 5.94. The van der Waals surface area contributed by atoms with Crippen LogP contribution in [0.4, 0.5) is 0 Å². The van der Waals surface area contributed by atoms with Gasteiger partial charge in [-0.05, 0) is 60.5 Å². The summed E-state index contributed by atoms with van der Waals surface area (Å²) in [6.07, 6.45) is 0. The summed E-state index contributed by atoms with van der Waals surface area (Å²) >= 11 is 0. The van der Waals surface area contributed by atoms with Crippen molar-refractivity contribution < 1.29 is 28.5 Å². The highest BCUT2D eigenvalue weighted by atomic mass is 16.5. The third-order valence-electron chi connectivity index (χ3n) is 6.56. The van der Waals surface area contributed by atoms with E-state index in [9.17, 15) is 10.1 Å². The molecule has 4 aromatic carbocycles. The van der Waals surface area contributed by atoms with Crippen LogP contribution in [0.1, 0.15) is 39.9 Å². The van der Waals surface area contributed by atoms with Crippen molar-refractivity contribution in [2.24, 2.45) is 5.73 Å². The number of nitriles is 1. The molecule has 8 nitrogen and oxygen atoms in total. The summed E-state index contributed by atoms with van der Waals surface area (Å²) < 4.78 is 28.4. The van der Waals surface area contributed by atoms with Gasteiger partial charge in [0.2, 0.25) is 5.88 Å². The van der Waals surface area contributed by atoms with Gasteiger partial charge in [0, 0.05) is 11.6 Å². The summed E-state index contributed by atoms with van der Waals surface area (Å²) in [5.41, 5.74) is 9.30. The second-order valence-electron chi connectivity index (χ2n) is 9.16. The number of esters is 1. The summed E-state index contributed by atoms with van der Waals surface area (Å²) in [7, 11) is 1.56. The molecule has 0 amide bonds. The molecule has 2 N–H and O–H groups in total. The van der Waals surface area contributed by atoms with Gasteiger partial charge in [0.1, 0.15) is 35.5 Å². The Bertz CT molecular complexity index is 1620. The number of fused-ring (bicyclic) bond motifs is 1. The van der Waals surface area contributed by atoms with Crippen molar-refractivity contribution >= 4 is 5.97 Å². The second kappa shape index (κ2) is 12.2. The number of ether oxygens (including phenoxy) is 5. The first-order valence-corrected chi connectivity index (χ1v) is 13.0. The normalized spacial score (nSPS) is 13.8. The Morgan fingerprint density at radius 2 is 1.68 bits per heavy atom. The minimum Gasteiger partial charge on any atom is -0.494 e. The first-order valence-electron chi connectivity index (χ1n) is 13.0. The van der Waals surface area contributed by atoms with Crippen molar-refractivity contribution in [2.75, 3.05) is 13.7 Å². The highest BCUT2D eigenvalue weighted by Crippen LogP contribution is 2.45. The zero-order valence-corrected chi connectivity index (χ0v) is 22.6. The van der Waals surface area contributed by atoms with Gasteiger partial charge in [-0.1, -0.05) is 42.5 Å². The van der Waals surface area contributed by atoms with Crippen molar-refractivity contribution in [3.63, 3.8) is 0 Å². The molecule has 1 aliphatic rings. The first-order chi connectivity index (χ1) is 20.0. The molecule has 1 heterocycles. The van der Waals surface area contributed by atoms with E-state index in [4.69, 9.17) is 29.4 Å². The van der Waals surface area contributed by atoms with E-state index in [0.717, 1.165) is 11.1 Å². The Labute approximate surface area is 238 Å². The van der Waals surface area contributed by atoms with E-state index in [1.54, 1.807) is 49.6 Å². The van der Waals surface area contributed by atoms with Gasteiger partial charge in [-0.15, -0.1) is 0 Å². The van der Waals surface area contributed by atoms with Crippen LogP contribution in [-0.4, -0.2) is 19.7 Å². The van der Waals surface area contributed by atoms with Gasteiger partial charge in [-0.3, -0.25) is 0 Å². The minimum atomic E-state index is -0.531. The van der Waals surface area contributed by atoms with E-state index in [1.165, 1.54) is 0 Å². The Kier molecular flexibility index (Phi) is 8.07. The fourth-order valence-electron chi connectivity index (χ4n) is 4.58. The summed E-state index contributed by atoms with van der Waals surface area (Å²) in [5, 5.41) is 9.96. The van der Waals surface area contributed by atoms with E-state index in [0.29, 0.717) is 47.3 Å². The van der Waals surface area contributed by atoms with Crippen LogP contribution in [-0.2, 0) is 6.61 Å². The van der Waals surface area contributed by atoms with Crippen LogP contribution in [0.15, 0.2) is 102 Å². The molecule has 0 fully saturated rings. The molecule has 0 saturated carbocycles. The topological polar surface area (TPSA) is 113 Å². The number of nitrogens with two attached hydrogens (primary N) is 1. The largest absolute Gasteiger partial charge is 0.494 e. The SMILES string of the molecule is CCOc1ccc(C(=O)Oc2ccc3c(c2)OC(N)=C(C#N)C3c2ccc(OCc3ccccc3)c(OC)c2)cc1. The summed E-state index contributed by atoms with van der Waals surface area (Å²) in [5.74, 6) is 1.32. The lowest BCUT2D eigenvalue weighted by Gasteiger charge is -2.27. The molecule has 0 saturated heterocycles. The molecule has 0 bridgehead atoms. The Morgan fingerprint density at radius 3 is 2.39 bits per heavy atom. The summed E-state index contributed by atoms with van der Waals surface area (Å²) in [4.78, 5) is 12.7. The zero-order valence-electron chi connectivity index (χ0n) is 22.6. The summed E-state index contributed by atoms with van der Waals surface area (Å²) in [6.45, 7) is 2.80. The maximum absolute atomic E-state index is 12.7. The smallest absolute Gasteiger partial charge is 0.343 e. The van der Waals surface area contributed by atoms with Gasteiger partial charge < -0.3 is 29.4 Å². The van der Waals surface area contributed by atoms with Crippen molar-refractivity contribution in [1.29, 1.82) is 5.26 Å². The highest BCUT2D eigenvalue weighted by Gasteiger charge is 2.32. The first kappa shape index (κ1) is 27.2. The molecule has 5 rings (SSSR count). The van der Waals surface area contributed by atoms with Crippen molar-refractivity contribution in [2.45, 2.75) is 19.4 Å². The standard InChI is InChI=1S/C33H28N2O6/c1-3-38-24-12-9-22(10-13-24)33(36)40-25-14-15-26-29(18-25)41-32(35)27(19-34)31(26)23-11-16-28(30(17-23)37-2)39-20-21-7-5-4-6-8-21/h4-18,31H,3,20,35H2,1-2H3. The number of carbonyl (C=O) groups excluding carboxylic acids is 1. The average molecular weight is 549 g/mol. The van der Waals surface area contributed by atoms with E-state index in [-0.39, 0.29) is 17.2 Å². The lowest BCUT2D eigenvalue weighted by atomic mass is 9.83. The van der Waals surface area contributed by atoms with Crippen molar-refractivity contribution in [1.82, 2.24) is 0 Å². The Balaban J connectivity index is 1.40. The van der Waals surface area contributed by atoms with Crippen LogP contribution >= 0.6 is 0 Å². The average Bonchev–Trinajstić information content (AvgIpc) is 3.00. The van der Waals surface area contributed by atoms with E-state index < -0.39 is 11.9 Å². The van der Waals surface area contributed by atoms with Crippen LogP contribution in [0.2, 0.25) is 0 Å². The fraction of sp³-hybridized carbons (Fsp3) is 0.152. The van der Waals surface area contributed by atoms with Crippen molar-refractivity contribution in [3.8, 4) is 34.8 Å². The zero-order chi connectivity index (χ0) is 28.8. The van der Waals surface area contributed by atoms with Crippen LogP contribution in [0.5, 0.6) is 28.7 Å². The Hall–Kier alpha value is -5.42. The molecule has 0 spiro atoms. The molecule has 41 heavy (non-hydrogen) atoms. The molecular formula is C33H28N2O6. The molecule has 8 heteroatoms. The Morgan fingerprint density at radius 1 is 0.927 bits per heavy atom. The molecule has 0 aromatic heterocycles. The molecular weight excluding hydrogens is 520 g/mol. The van der Waals surface area contributed by atoms with Crippen LogP contribution in [0.3, 0.4) is 0 Å². The van der Waals surface area contributed by atoms with E-state index >= 15 is 0 Å². The lowest BCUT2D eigenvalue weighted by Crippen LogP contribution is -2.21. The van der Waals surface area contributed by atoms with Gasteiger partial charge in [-0.25, -0.2) is 4.79 Å². The third-order valence-corrected chi connectivity index (χ3v) is 6.56. The summed E-state index contributed by atoms with van der Waals surface area (Å²) in [6, 6.07) is 29.2. The second-order valence-corrected chi connectivity index (χ2v) is 9.16. The van der Waals surface area contributed by atoms with Gasteiger partial charge in [0.05, 0.1) is 25.2 Å². The fourth-order valence-corrected chi connectivity index (χ4v) is 4.58. The van der Waals surface area contributed by atoms with Crippen LogP contribution < -0.4 is 29.4 Å². The number of nitrogens with zero attached hydrogens (tertiary/aromatic N) is 1. The number of allylic oxidation sites excluding steroid dienone is 1. The van der Waals surface area contributed by atoms with Crippen LogP contribution in [0, 0.1) is 11.3 Å². The highest BCUT2D eigenvalue weighted by molar-refractivity contribution is 5.91. The number of hydrogen-bond acceptors (Lipinski definition) is 8. The number of carbonyl (C=O) groups is 1. The molecule has 1 unspecified atom stereocenters. The molecule has 0 radical (unpaired) electrons. The minimum absolute atomic E-state index is 0.0247. The number of rotatable bonds is 9. The quantitative estimate of drug-likeness (QED) is 0.197. The number of methoxy groups -OCH3 is 1. The molecule has 206 valence electrons. The van der Waals surface area contributed by atoms with Gasteiger partial charge in [0.25, 0.3) is 0 Å². The number of hydrogen-bond donors (Lipinski definition) is 1. The van der Waals surface area contributed by atoms with E-state index in [2.05, 4.69) is 6.07 Å². The van der Waals surface area contributed by atoms with Crippen LogP contribution in [0.25, 0.3) is 0 Å². The van der Waals surface area contributed by atoms with E-state index in [1.807, 2.05) is 55.5 Å². The molecule has 0 aliphatic carbocycles. The maximum Gasteiger partial charge on any atom is 0.343 e. The predicted molar refractivity (Wildman–Crippen MR) is 152 cm³/mol. The predicted octanol–water partition coefficient (Wildman–Crippen LogP) is 6.11. The molecule has 1 aliphatic heterocycles. The number of benzene rings is 4. The molecule has 4 aromatic rings. The maximum atomic E-state index is 12.7. The van der Waals surface area contributed by atoms with Gasteiger partial charge in [0.15, 0.2) is 11.5 Å². The lowest BCUT2D eigenvalue weighted by molar-refractivity contribution is 0.0734. The molecule has 1 atom stereocenters. The van der Waals surface area contributed by atoms with Gasteiger partial charge in [-0.2, -0.15) is 5.26 Å².